The number of carbonyl (C=O) groups excluding carboxylic acids is 1. The number of hydrogen-bond acceptors (Lipinski definition) is 3. The van der Waals surface area contributed by atoms with E-state index >= 15 is 0 Å². The molecule has 0 spiro atoms. The van der Waals surface area contributed by atoms with Gasteiger partial charge in [-0.2, -0.15) is 0 Å². The van der Waals surface area contributed by atoms with Crippen LogP contribution >= 0.6 is 23.2 Å². The van der Waals surface area contributed by atoms with Crippen LogP contribution in [0.3, 0.4) is 0 Å². The normalized spacial score (nSPS) is 16.3. The van der Waals surface area contributed by atoms with Gasteiger partial charge in [-0.15, -0.1) is 0 Å². The van der Waals surface area contributed by atoms with Crippen LogP contribution in [0.1, 0.15) is 28.3 Å². The zero-order valence-corrected chi connectivity index (χ0v) is 19.5. The van der Waals surface area contributed by atoms with E-state index in [1.165, 1.54) is 0 Å². The molecule has 1 fully saturated rings. The van der Waals surface area contributed by atoms with Crippen molar-refractivity contribution >= 4 is 34.8 Å². The molecule has 6 heteroatoms. The molecule has 1 aliphatic rings. The van der Waals surface area contributed by atoms with E-state index in [-0.39, 0.29) is 18.6 Å². The van der Waals surface area contributed by atoms with Gasteiger partial charge in [0.2, 0.25) is 5.91 Å². The van der Waals surface area contributed by atoms with Crippen molar-refractivity contribution in [1.29, 1.82) is 0 Å². The highest BCUT2D eigenvalue weighted by Crippen LogP contribution is 2.36. The fourth-order valence-electron chi connectivity index (χ4n) is 4.16. The first-order chi connectivity index (χ1) is 15.4. The highest BCUT2D eigenvalue weighted by molar-refractivity contribution is 6.33. The Morgan fingerprint density at radius 2 is 1.66 bits per heavy atom. The van der Waals surface area contributed by atoms with Crippen LogP contribution in [-0.4, -0.2) is 35.5 Å². The Hall–Kier alpha value is -2.53. The second-order valence-corrected chi connectivity index (χ2v) is 9.05. The Kier molecular flexibility index (Phi) is 7.04. The van der Waals surface area contributed by atoms with E-state index in [0.29, 0.717) is 36.1 Å². The number of nitrogens with zero attached hydrogens (tertiary/aromatic N) is 2. The molecule has 1 N–H and O–H groups in total. The number of amides is 1. The molecule has 0 bridgehead atoms. The topological polar surface area (TPSA) is 43.8 Å². The van der Waals surface area contributed by atoms with Crippen molar-refractivity contribution in [2.45, 2.75) is 26.0 Å². The average Bonchev–Trinajstić information content (AvgIpc) is 2.80. The largest absolute Gasteiger partial charge is 0.392 e. The summed E-state index contributed by atoms with van der Waals surface area (Å²) >= 11 is 12.7. The van der Waals surface area contributed by atoms with E-state index in [2.05, 4.69) is 17.0 Å². The first kappa shape index (κ1) is 22.7. The molecule has 166 valence electrons. The minimum Gasteiger partial charge on any atom is -0.392 e. The fourth-order valence-corrected chi connectivity index (χ4v) is 4.63. The van der Waals surface area contributed by atoms with Crippen molar-refractivity contribution in [1.82, 2.24) is 4.90 Å². The van der Waals surface area contributed by atoms with Gasteiger partial charge in [-0.1, -0.05) is 65.7 Å². The first-order valence-corrected chi connectivity index (χ1v) is 11.4. The number of aliphatic hydroxyl groups excluding tert-OH is 1. The molecule has 3 aromatic rings. The maximum absolute atomic E-state index is 13.1. The minimum atomic E-state index is -0.0260. The van der Waals surface area contributed by atoms with Crippen LogP contribution < -0.4 is 4.90 Å². The lowest BCUT2D eigenvalue weighted by Gasteiger charge is -2.43. The summed E-state index contributed by atoms with van der Waals surface area (Å²) in [6, 6.07) is 21.4. The van der Waals surface area contributed by atoms with Crippen LogP contribution in [0.15, 0.2) is 66.7 Å². The number of rotatable bonds is 5. The molecule has 1 amide bonds. The Morgan fingerprint density at radius 1 is 0.969 bits per heavy atom. The zero-order chi connectivity index (χ0) is 22.7. The van der Waals surface area contributed by atoms with Crippen molar-refractivity contribution in [3.8, 4) is 0 Å². The molecule has 4 nitrogen and oxygen atoms in total. The van der Waals surface area contributed by atoms with Crippen molar-refractivity contribution < 1.29 is 9.90 Å². The van der Waals surface area contributed by atoms with Gasteiger partial charge in [0.25, 0.3) is 0 Å². The number of benzene rings is 3. The van der Waals surface area contributed by atoms with Gasteiger partial charge in [-0.25, -0.2) is 0 Å². The van der Waals surface area contributed by atoms with Crippen LogP contribution in [0.25, 0.3) is 0 Å². The molecular weight excluding hydrogens is 443 g/mol. The third kappa shape index (κ3) is 5.09. The van der Waals surface area contributed by atoms with E-state index < -0.39 is 0 Å². The number of anilines is 1. The summed E-state index contributed by atoms with van der Waals surface area (Å²) in [6.45, 7) is 3.91. The molecule has 0 aromatic heterocycles. The van der Waals surface area contributed by atoms with Gasteiger partial charge in [-0.05, 0) is 53.4 Å². The van der Waals surface area contributed by atoms with Gasteiger partial charge in [0, 0.05) is 24.7 Å². The average molecular weight is 469 g/mol. The quantitative estimate of drug-likeness (QED) is 0.542. The fraction of sp³-hybridized carbons (Fsp3) is 0.269. The molecule has 1 saturated heterocycles. The highest BCUT2D eigenvalue weighted by Gasteiger charge is 2.31. The van der Waals surface area contributed by atoms with E-state index in [0.717, 1.165) is 27.9 Å². The molecule has 32 heavy (non-hydrogen) atoms. The maximum atomic E-state index is 13.1. The number of halogens is 2. The second kappa shape index (κ2) is 9.95. The first-order valence-electron chi connectivity index (χ1n) is 10.7. The van der Waals surface area contributed by atoms with Crippen LogP contribution in [-0.2, 0) is 17.8 Å². The van der Waals surface area contributed by atoms with Gasteiger partial charge in [0.05, 0.1) is 29.8 Å². The lowest BCUT2D eigenvalue weighted by atomic mass is 10.00. The third-order valence-corrected chi connectivity index (χ3v) is 6.52. The Morgan fingerprint density at radius 3 is 2.31 bits per heavy atom. The molecule has 1 aliphatic heterocycles. The smallest absolute Gasteiger partial charge is 0.227 e. The molecule has 1 atom stereocenters. The number of hydrogen-bond donors (Lipinski definition) is 1. The van der Waals surface area contributed by atoms with E-state index in [9.17, 15) is 9.90 Å². The maximum Gasteiger partial charge on any atom is 0.227 e. The lowest BCUT2D eigenvalue weighted by molar-refractivity contribution is -0.131. The van der Waals surface area contributed by atoms with E-state index in [1.54, 1.807) is 0 Å². The molecule has 3 aromatic carbocycles. The van der Waals surface area contributed by atoms with Gasteiger partial charge >= 0.3 is 0 Å². The molecule has 0 aliphatic carbocycles. The van der Waals surface area contributed by atoms with Crippen LogP contribution in [0, 0.1) is 6.92 Å². The Balaban J connectivity index is 1.57. The Bertz CT molecular complexity index is 1080. The highest BCUT2D eigenvalue weighted by atomic mass is 35.5. The van der Waals surface area contributed by atoms with Crippen LogP contribution in [0.5, 0.6) is 0 Å². The predicted octanol–water partition coefficient (Wildman–Crippen LogP) is 5.43. The second-order valence-electron chi connectivity index (χ2n) is 8.21. The van der Waals surface area contributed by atoms with Gasteiger partial charge in [-0.3, -0.25) is 4.79 Å². The standard InChI is InChI=1S/C26H26Cl2N2O2/c1-18-2-11-24(23(28)14-18)30-13-12-29(16-25(30)21-7-9-22(27)10-8-21)26(32)15-19-3-5-20(17-31)6-4-19/h2-11,14,25,31H,12-13,15-17H2,1H3. The summed E-state index contributed by atoms with van der Waals surface area (Å²) in [5, 5.41) is 10.6. The molecule has 1 heterocycles. The van der Waals surface area contributed by atoms with Crippen LogP contribution in [0.4, 0.5) is 5.69 Å². The molecule has 0 saturated carbocycles. The zero-order valence-electron chi connectivity index (χ0n) is 18.0. The summed E-state index contributed by atoms with van der Waals surface area (Å²) < 4.78 is 0. The Labute approximate surface area is 199 Å². The number of aryl methyl sites for hydroxylation is 1. The summed E-state index contributed by atoms with van der Waals surface area (Å²) in [7, 11) is 0. The van der Waals surface area contributed by atoms with E-state index in [1.807, 2.05) is 66.4 Å². The summed E-state index contributed by atoms with van der Waals surface area (Å²) in [5.74, 6) is 0.0929. The van der Waals surface area contributed by atoms with Crippen molar-refractivity contribution in [2.75, 3.05) is 24.5 Å². The number of piperazine rings is 1. The predicted molar refractivity (Wildman–Crippen MR) is 130 cm³/mol. The summed E-state index contributed by atoms with van der Waals surface area (Å²) in [4.78, 5) is 17.3. The third-order valence-electron chi connectivity index (χ3n) is 5.96. The monoisotopic (exact) mass is 468 g/mol. The van der Waals surface area contributed by atoms with E-state index in [4.69, 9.17) is 23.2 Å². The van der Waals surface area contributed by atoms with Crippen molar-refractivity contribution in [2.24, 2.45) is 0 Å². The van der Waals surface area contributed by atoms with Crippen LogP contribution in [0.2, 0.25) is 10.0 Å². The van der Waals surface area contributed by atoms with Gasteiger partial charge in [0.1, 0.15) is 0 Å². The lowest BCUT2D eigenvalue weighted by Crippen LogP contribution is -2.51. The number of carbonyl (C=O) groups is 1. The SMILES string of the molecule is Cc1ccc(N2CCN(C(=O)Cc3ccc(CO)cc3)CC2c2ccc(Cl)cc2)c(Cl)c1. The van der Waals surface area contributed by atoms with Gasteiger partial charge < -0.3 is 14.9 Å². The molecule has 1 unspecified atom stereocenters. The summed E-state index contributed by atoms with van der Waals surface area (Å²) in [6.07, 6.45) is 0.338. The van der Waals surface area contributed by atoms with Crippen molar-refractivity contribution in [3.05, 3.63) is 99.0 Å². The molecular formula is C26H26Cl2N2O2. The minimum absolute atomic E-state index is 0.000524. The number of aliphatic hydroxyl groups is 1. The summed E-state index contributed by atoms with van der Waals surface area (Å²) in [5.41, 5.74) is 4.97. The van der Waals surface area contributed by atoms with Crippen molar-refractivity contribution in [3.63, 3.8) is 0 Å². The van der Waals surface area contributed by atoms with Gasteiger partial charge in [0.15, 0.2) is 0 Å². The molecule has 0 radical (unpaired) electrons. The molecule has 4 rings (SSSR count).